The molecule has 9 aromatic rings. The quantitative estimate of drug-likeness (QED) is 0.161. The van der Waals surface area contributed by atoms with Gasteiger partial charge in [-0.3, -0.25) is 0 Å². The van der Waals surface area contributed by atoms with Gasteiger partial charge in [-0.1, -0.05) is 244 Å². The van der Waals surface area contributed by atoms with E-state index in [0.29, 0.717) is 6.54 Å². The van der Waals surface area contributed by atoms with Crippen molar-refractivity contribution in [3.05, 3.63) is 292 Å². The molecule has 1 spiro atoms. The standard InChI is InChI=1S/C47H37N.C13H13N.C7H8/c1-46(2)40-19-9-11-21-42(40)47(43-22-12-10-20-41(43)46)39-27-25-34(29-38(39)45-35(30-48)18-13-23-44(45)47)36-26-24-33(31-14-5-3-6-15-31)28-37(36)32-16-7-4-8-17-32;14-10-11-6-8-13(9-7-11)12-4-2-1-3-5-12;1-7-5-3-2-4-6-7/h3-5,7-14,16-30,48H,6,15H2,1-2H3;1-9H,10,14H2;2-6H,1H3. The van der Waals surface area contributed by atoms with Crippen molar-refractivity contribution in [1.29, 1.82) is 5.41 Å². The molecule has 12 rings (SSSR count). The normalized spacial score (nSPS) is 14.1. The summed E-state index contributed by atoms with van der Waals surface area (Å²) in [7, 11) is 0. The van der Waals surface area contributed by atoms with Crippen molar-refractivity contribution < 1.29 is 0 Å². The van der Waals surface area contributed by atoms with Crippen LogP contribution in [0.5, 0.6) is 0 Å². The summed E-state index contributed by atoms with van der Waals surface area (Å²) in [6.45, 7) is 7.41. The lowest BCUT2D eigenvalue weighted by atomic mass is 9.55. The molecule has 336 valence electrons. The van der Waals surface area contributed by atoms with Gasteiger partial charge in [0.25, 0.3) is 0 Å². The summed E-state index contributed by atoms with van der Waals surface area (Å²) < 4.78 is 0. The zero-order chi connectivity index (χ0) is 47.4. The minimum atomic E-state index is -0.474. The van der Waals surface area contributed by atoms with Crippen LogP contribution in [-0.4, -0.2) is 6.21 Å². The fourth-order valence-electron chi connectivity index (χ4n) is 11.0. The average molecular weight is 891 g/mol. The molecule has 3 aliphatic carbocycles. The van der Waals surface area contributed by atoms with E-state index in [2.05, 4.69) is 221 Å². The topological polar surface area (TPSA) is 49.9 Å². The molecule has 0 unspecified atom stereocenters. The number of nitrogens with two attached hydrogens (primary N) is 1. The van der Waals surface area contributed by atoms with Crippen molar-refractivity contribution >= 4 is 11.8 Å². The highest BCUT2D eigenvalue weighted by molar-refractivity contribution is 6.00. The summed E-state index contributed by atoms with van der Waals surface area (Å²) in [4.78, 5) is 0. The molecule has 2 nitrogen and oxygen atoms in total. The Kier molecular flexibility index (Phi) is 12.6. The third kappa shape index (κ3) is 8.32. The van der Waals surface area contributed by atoms with Gasteiger partial charge in [0.1, 0.15) is 0 Å². The van der Waals surface area contributed by atoms with Crippen LogP contribution in [0.25, 0.3) is 50.1 Å². The van der Waals surface area contributed by atoms with E-state index in [1.807, 2.05) is 36.4 Å². The van der Waals surface area contributed by atoms with Gasteiger partial charge < -0.3 is 11.1 Å². The Morgan fingerprint density at radius 2 is 1.01 bits per heavy atom. The Balaban J connectivity index is 0.000000216. The minimum absolute atomic E-state index is 0.143. The average Bonchev–Trinajstić information content (AvgIpc) is 3.72. The highest BCUT2D eigenvalue weighted by Gasteiger charge is 2.53. The molecule has 0 heterocycles. The number of hydrogen-bond acceptors (Lipinski definition) is 2. The van der Waals surface area contributed by atoms with Crippen LogP contribution >= 0.6 is 0 Å². The summed E-state index contributed by atoms with van der Waals surface area (Å²) in [6, 6.07) is 78.6. The lowest BCUT2D eigenvalue weighted by molar-refractivity contribution is 0.563. The van der Waals surface area contributed by atoms with Crippen LogP contribution in [0.3, 0.4) is 0 Å². The molecule has 0 bridgehead atoms. The first-order valence-corrected chi connectivity index (χ1v) is 24.2. The molecule has 3 N–H and O–H groups in total. The largest absolute Gasteiger partial charge is 0.326 e. The lowest BCUT2D eigenvalue weighted by Gasteiger charge is -2.46. The van der Waals surface area contributed by atoms with Crippen LogP contribution in [0.2, 0.25) is 0 Å². The van der Waals surface area contributed by atoms with Crippen LogP contribution in [0.15, 0.2) is 237 Å². The molecule has 0 radical (unpaired) electrons. The number of rotatable bonds is 6. The highest BCUT2D eigenvalue weighted by atomic mass is 14.6. The Hall–Kier alpha value is -7.91. The number of fused-ring (bicyclic) bond motifs is 9. The van der Waals surface area contributed by atoms with Crippen molar-refractivity contribution in [3.8, 4) is 44.5 Å². The van der Waals surface area contributed by atoms with Crippen LogP contribution in [0.4, 0.5) is 0 Å². The third-order valence-electron chi connectivity index (χ3n) is 14.4. The molecule has 69 heavy (non-hydrogen) atoms. The van der Waals surface area contributed by atoms with E-state index in [4.69, 9.17) is 11.1 Å². The molecule has 0 saturated heterocycles. The number of nitrogens with one attached hydrogen (secondary N) is 1. The summed E-state index contributed by atoms with van der Waals surface area (Å²) in [5.74, 6) is 0. The maximum Gasteiger partial charge on any atom is 0.0719 e. The second-order valence-corrected chi connectivity index (χ2v) is 18.8. The van der Waals surface area contributed by atoms with Gasteiger partial charge in [-0.25, -0.2) is 0 Å². The zero-order valence-corrected chi connectivity index (χ0v) is 39.8. The first-order chi connectivity index (χ1) is 33.8. The van der Waals surface area contributed by atoms with Gasteiger partial charge >= 0.3 is 0 Å². The fourth-order valence-corrected chi connectivity index (χ4v) is 11.0. The highest BCUT2D eigenvalue weighted by Crippen LogP contribution is 2.63. The van der Waals surface area contributed by atoms with Gasteiger partial charge in [-0.05, 0) is 126 Å². The second-order valence-electron chi connectivity index (χ2n) is 18.8. The Morgan fingerprint density at radius 1 is 0.478 bits per heavy atom. The number of aryl methyl sites for hydroxylation is 1. The molecule has 0 aromatic heterocycles. The van der Waals surface area contributed by atoms with Gasteiger partial charge in [0.2, 0.25) is 0 Å². The van der Waals surface area contributed by atoms with Crippen molar-refractivity contribution in [2.24, 2.45) is 5.73 Å². The fraction of sp³-hybridized carbons (Fsp3) is 0.119. The molecule has 0 amide bonds. The van der Waals surface area contributed by atoms with E-state index >= 15 is 0 Å². The minimum Gasteiger partial charge on any atom is -0.326 e. The maximum absolute atomic E-state index is 8.56. The predicted octanol–water partition coefficient (Wildman–Crippen LogP) is 16.6. The van der Waals surface area contributed by atoms with Crippen molar-refractivity contribution in [3.63, 3.8) is 0 Å². The van der Waals surface area contributed by atoms with E-state index in [1.165, 1.54) is 106 Å². The van der Waals surface area contributed by atoms with Crippen molar-refractivity contribution in [2.45, 2.75) is 51.0 Å². The second kappa shape index (κ2) is 19.4. The molecule has 0 saturated carbocycles. The van der Waals surface area contributed by atoms with E-state index in [1.54, 1.807) is 0 Å². The molecule has 0 aliphatic heterocycles. The van der Waals surface area contributed by atoms with E-state index < -0.39 is 5.41 Å². The van der Waals surface area contributed by atoms with Crippen LogP contribution < -0.4 is 5.73 Å². The van der Waals surface area contributed by atoms with Crippen molar-refractivity contribution in [1.82, 2.24) is 0 Å². The molecular weight excluding hydrogens is 833 g/mol. The SMILES string of the molecule is CC1(C)c2ccccc2C2(c3ccc(-c4ccc(C5=CC=CCC5)cc4-c4ccccc4)cc3-c3c(C=N)cccc32)c2ccccc21.Cc1ccccc1.NCc1ccc(-c2ccccc2)cc1. The lowest BCUT2D eigenvalue weighted by Crippen LogP contribution is -2.40. The third-order valence-corrected chi connectivity index (χ3v) is 14.4. The summed E-state index contributed by atoms with van der Waals surface area (Å²) in [5.41, 5.74) is 28.8. The summed E-state index contributed by atoms with van der Waals surface area (Å²) in [6.07, 6.45) is 10.4. The van der Waals surface area contributed by atoms with Crippen LogP contribution in [0, 0.1) is 12.3 Å². The number of hydrogen-bond donors (Lipinski definition) is 2. The number of benzene rings is 9. The predicted molar refractivity (Wildman–Crippen MR) is 292 cm³/mol. The molecule has 0 fully saturated rings. The smallest absolute Gasteiger partial charge is 0.0719 e. The maximum atomic E-state index is 8.56. The molecular formula is C67H58N2. The van der Waals surface area contributed by atoms with Gasteiger partial charge in [0.05, 0.1) is 5.41 Å². The van der Waals surface area contributed by atoms with E-state index in [-0.39, 0.29) is 5.41 Å². The summed E-state index contributed by atoms with van der Waals surface area (Å²) in [5, 5.41) is 8.56. The van der Waals surface area contributed by atoms with Gasteiger partial charge in [0, 0.05) is 23.7 Å². The van der Waals surface area contributed by atoms with E-state index in [0.717, 1.165) is 18.4 Å². The summed E-state index contributed by atoms with van der Waals surface area (Å²) >= 11 is 0. The first kappa shape index (κ1) is 44.9. The molecule has 9 aromatic carbocycles. The van der Waals surface area contributed by atoms with Gasteiger partial charge in [-0.15, -0.1) is 0 Å². The molecule has 3 aliphatic rings. The Labute approximate surface area is 408 Å². The van der Waals surface area contributed by atoms with Crippen molar-refractivity contribution in [2.75, 3.05) is 0 Å². The monoisotopic (exact) mass is 890 g/mol. The Morgan fingerprint density at radius 3 is 1.59 bits per heavy atom. The zero-order valence-electron chi connectivity index (χ0n) is 39.8. The first-order valence-electron chi connectivity index (χ1n) is 24.2. The Bertz CT molecular complexity index is 3290. The van der Waals surface area contributed by atoms with E-state index in [9.17, 15) is 0 Å². The van der Waals surface area contributed by atoms with Crippen LogP contribution in [-0.2, 0) is 17.4 Å². The number of allylic oxidation sites excluding steroid dienone is 4. The molecule has 2 heteroatoms. The van der Waals surface area contributed by atoms with Crippen LogP contribution in [0.1, 0.15) is 82.3 Å². The molecule has 0 atom stereocenters. The van der Waals surface area contributed by atoms with Gasteiger partial charge in [0.15, 0.2) is 0 Å². The van der Waals surface area contributed by atoms with Gasteiger partial charge in [-0.2, -0.15) is 0 Å².